The Morgan fingerprint density at radius 2 is 1.79 bits per heavy atom. The SMILES string of the molecule is CN(CC(=O)O)C1COc2cc(OCc3ccc(OCc4cccc(F)c4F)cc3)ccc2C1. The van der Waals surface area contributed by atoms with Gasteiger partial charge < -0.3 is 19.3 Å². The molecule has 1 heterocycles. The van der Waals surface area contributed by atoms with E-state index in [0.717, 1.165) is 22.9 Å². The van der Waals surface area contributed by atoms with Gasteiger partial charge in [0.05, 0.1) is 6.54 Å². The molecular weight excluding hydrogens is 444 g/mol. The lowest BCUT2D eigenvalue weighted by atomic mass is 10.0. The first-order valence-corrected chi connectivity index (χ1v) is 10.8. The summed E-state index contributed by atoms with van der Waals surface area (Å²) >= 11 is 0. The van der Waals surface area contributed by atoms with Crippen molar-refractivity contribution in [3.8, 4) is 17.2 Å². The number of fused-ring (bicyclic) bond motifs is 1. The van der Waals surface area contributed by atoms with Crippen LogP contribution < -0.4 is 14.2 Å². The van der Waals surface area contributed by atoms with Crippen molar-refractivity contribution in [1.82, 2.24) is 4.90 Å². The molecule has 0 saturated heterocycles. The second kappa shape index (κ2) is 10.5. The fourth-order valence-corrected chi connectivity index (χ4v) is 3.72. The van der Waals surface area contributed by atoms with Crippen molar-refractivity contribution in [2.45, 2.75) is 25.7 Å². The molecule has 1 atom stereocenters. The molecule has 8 heteroatoms. The summed E-state index contributed by atoms with van der Waals surface area (Å²) in [6, 6.07) is 16.8. The predicted molar refractivity (Wildman–Crippen MR) is 121 cm³/mol. The Kier molecular flexibility index (Phi) is 7.27. The zero-order valence-electron chi connectivity index (χ0n) is 18.7. The van der Waals surface area contributed by atoms with Gasteiger partial charge in [0.25, 0.3) is 0 Å². The van der Waals surface area contributed by atoms with Crippen LogP contribution in [0, 0.1) is 11.6 Å². The monoisotopic (exact) mass is 469 g/mol. The first kappa shape index (κ1) is 23.5. The van der Waals surface area contributed by atoms with Crippen LogP contribution in [-0.4, -0.2) is 42.2 Å². The van der Waals surface area contributed by atoms with Gasteiger partial charge in [-0.2, -0.15) is 0 Å². The normalized spacial score (nSPS) is 14.9. The molecule has 1 aliphatic heterocycles. The topological polar surface area (TPSA) is 68.2 Å². The van der Waals surface area contributed by atoms with Crippen molar-refractivity contribution in [1.29, 1.82) is 0 Å². The zero-order valence-corrected chi connectivity index (χ0v) is 18.7. The lowest BCUT2D eigenvalue weighted by Gasteiger charge is -2.31. The van der Waals surface area contributed by atoms with E-state index in [-0.39, 0.29) is 24.8 Å². The van der Waals surface area contributed by atoms with Gasteiger partial charge in [0.2, 0.25) is 0 Å². The van der Waals surface area contributed by atoms with E-state index in [1.165, 1.54) is 12.1 Å². The van der Waals surface area contributed by atoms with Crippen LogP contribution >= 0.6 is 0 Å². The molecule has 178 valence electrons. The number of hydrogen-bond donors (Lipinski definition) is 1. The molecule has 0 amide bonds. The maximum absolute atomic E-state index is 13.7. The average Bonchev–Trinajstić information content (AvgIpc) is 2.83. The third-order valence-electron chi connectivity index (χ3n) is 5.69. The van der Waals surface area contributed by atoms with E-state index in [0.29, 0.717) is 31.1 Å². The van der Waals surface area contributed by atoms with E-state index in [1.54, 1.807) is 24.1 Å². The number of ether oxygens (including phenoxy) is 3. The van der Waals surface area contributed by atoms with Crippen LogP contribution in [0.1, 0.15) is 16.7 Å². The van der Waals surface area contributed by atoms with Gasteiger partial charge in [-0.3, -0.25) is 9.69 Å². The van der Waals surface area contributed by atoms with E-state index in [9.17, 15) is 13.6 Å². The Morgan fingerprint density at radius 1 is 1.06 bits per heavy atom. The minimum atomic E-state index is -0.899. The number of rotatable bonds is 9. The summed E-state index contributed by atoms with van der Waals surface area (Å²) < 4.78 is 44.3. The Labute approximate surface area is 196 Å². The van der Waals surface area contributed by atoms with E-state index in [2.05, 4.69) is 0 Å². The lowest BCUT2D eigenvalue weighted by Crippen LogP contribution is -2.43. The zero-order chi connectivity index (χ0) is 24.1. The molecule has 3 aromatic rings. The summed E-state index contributed by atoms with van der Waals surface area (Å²) in [5.41, 5.74) is 2.08. The molecule has 0 aromatic heterocycles. The first-order valence-electron chi connectivity index (χ1n) is 10.8. The number of halogens is 2. The van der Waals surface area contributed by atoms with Gasteiger partial charge >= 0.3 is 5.97 Å². The van der Waals surface area contributed by atoms with Crippen LogP contribution in [0.25, 0.3) is 0 Å². The summed E-state index contributed by atoms with van der Waals surface area (Å²) in [5.74, 6) is -0.714. The number of hydrogen-bond acceptors (Lipinski definition) is 5. The molecule has 1 unspecified atom stereocenters. The number of likely N-dealkylation sites (N-methyl/N-ethyl adjacent to an activating group) is 1. The third kappa shape index (κ3) is 5.82. The fourth-order valence-electron chi connectivity index (χ4n) is 3.72. The van der Waals surface area contributed by atoms with Gasteiger partial charge in [-0.05, 0) is 48.9 Å². The summed E-state index contributed by atoms with van der Waals surface area (Å²) in [4.78, 5) is 12.7. The van der Waals surface area contributed by atoms with E-state index in [4.69, 9.17) is 19.3 Å². The Hall–Kier alpha value is -3.65. The maximum Gasteiger partial charge on any atom is 0.317 e. The molecule has 4 rings (SSSR count). The Bertz CT molecular complexity index is 1150. The molecule has 3 aromatic carbocycles. The van der Waals surface area contributed by atoms with Crippen molar-refractivity contribution in [3.05, 3.63) is 89.0 Å². The highest BCUT2D eigenvalue weighted by molar-refractivity contribution is 5.69. The van der Waals surface area contributed by atoms with Gasteiger partial charge in [-0.1, -0.05) is 30.3 Å². The van der Waals surface area contributed by atoms with E-state index >= 15 is 0 Å². The number of carboxylic acids is 1. The highest BCUT2D eigenvalue weighted by Crippen LogP contribution is 2.31. The summed E-state index contributed by atoms with van der Waals surface area (Å²) in [5, 5.41) is 8.98. The van der Waals surface area contributed by atoms with Crippen molar-refractivity contribution in [2.24, 2.45) is 0 Å². The molecule has 0 aliphatic carbocycles. The van der Waals surface area contributed by atoms with Gasteiger partial charge in [0.15, 0.2) is 11.6 Å². The predicted octanol–water partition coefficient (Wildman–Crippen LogP) is 4.44. The number of aliphatic carboxylic acids is 1. The molecule has 0 saturated carbocycles. The molecule has 0 bridgehead atoms. The van der Waals surface area contributed by atoms with Gasteiger partial charge in [-0.15, -0.1) is 0 Å². The van der Waals surface area contributed by atoms with Crippen LogP contribution in [0.5, 0.6) is 17.2 Å². The number of carboxylic acid groups (broad SMARTS) is 1. The molecule has 0 radical (unpaired) electrons. The highest BCUT2D eigenvalue weighted by Gasteiger charge is 2.24. The molecule has 34 heavy (non-hydrogen) atoms. The molecule has 1 aliphatic rings. The average molecular weight is 469 g/mol. The van der Waals surface area contributed by atoms with E-state index < -0.39 is 17.6 Å². The maximum atomic E-state index is 13.7. The van der Waals surface area contributed by atoms with Crippen LogP contribution in [0.15, 0.2) is 60.7 Å². The van der Waals surface area contributed by atoms with Crippen molar-refractivity contribution >= 4 is 5.97 Å². The van der Waals surface area contributed by atoms with Crippen molar-refractivity contribution < 1.29 is 32.9 Å². The molecular formula is C26H25F2NO5. The minimum Gasteiger partial charge on any atom is -0.492 e. The Balaban J connectivity index is 1.29. The lowest BCUT2D eigenvalue weighted by molar-refractivity contribution is -0.138. The van der Waals surface area contributed by atoms with Crippen molar-refractivity contribution in [3.63, 3.8) is 0 Å². The summed E-state index contributed by atoms with van der Waals surface area (Å²) in [6.07, 6.45) is 0.709. The van der Waals surface area contributed by atoms with Crippen LogP contribution in [0.2, 0.25) is 0 Å². The molecule has 0 spiro atoms. The Morgan fingerprint density at radius 3 is 2.56 bits per heavy atom. The van der Waals surface area contributed by atoms with Gasteiger partial charge in [-0.25, -0.2) is 8.78 Å². The van der Waals surface area contributed by atoms with Crippen LogP contribution in [0.3, 0.4) is 0 Å². The number of nitrogens with zero attached hydrogens (tertiary/aromatic N) is 1. The second-order valence-electron chi connectivity index (χ2n) is 8.18. The number of benzene rings is 3. The van der Waals surface area contributed by atoms with E-state index in [1.807, 2.05) is 30.3 Å². The standard InChI is InChI=1S/C26H25F2NO5/c1-29(13-25(30)31)20-11-18-7-10-22(12-24(18)34-16-20)32-14-17-5-8-21(9-6-17)33-15-19-3-2-4-23(27)26(19)28/h2-10,12,20H,11,13-16H2,1H3,(H,30,31). The molecule has 1 N–H and O–H groups in total. The van der Waals surface area contributed by atoms with Crippen molar-refractivity contribution in [2.75, 3.05) is 20.2 Å². The smallest absolute Gasteiger partial charge is 0.317 e. The summed E-state index contributed by atoms with van der Waals surface area (Å²) in [6.45, 7) is 0.653. The number of carbonyl (C=O) groups is 1. The quantitative estimate of drug-likeness (QED) is 0.500. The van der Waals surface area contributed by atoms with Crippen LogP contribution in [-0.2, 0) is 24.4 Å². The highest BCUT2D eigenvalue weighted by atomic mass is 19.2. The van der Waals surface area contributed by atoms with Gasteiger partial charge in [0.1, 0.15) is 37.1 Å². The molecule has 6 nitrogen and oxygen atoms in total. The third-order valence-corrected chi connectivity index (χ3v) is 5.69. The fraction of sp³-hybridized carbons (Fsp3) is 0.269. The second-order valence-corrected chi connectivity index (χ2v) is 8.18. The molecule has 0 fully saturated rings. The largest absolute Gasteiger partial charge is 0.492 e. The first-order chi connectivity index (χ1) is 16.4. The minimum absolute atomic E-state index is 0.00788. The van der Waals surface area contributed by atoms with Gasteiger partial charge in [0, 0.05) is 17.7 Å². The summed E-state index contributed by atoms with van der Waals surface area (Å²) in [7, 11) is 1.78. The van der Waals surface area contributed by atoms with Crippen LogP contribution in [0.4, 0.5) is 8.78 Å².